The Morgan fingerprint density at radius 1 is 0.889 bits per heavy atom. The maximum absolute atomic E-state index is 12.4. The maximum Gasteiger partial charge on any atom is 0.193 e. The zero-order valence-electron chi connectivity index (χ0n) is 15.0. The summed E-state index contributed by atoms with van der Waals surface area (Å²) in [5.41, 5.74) is 2.86. The second kappa shape index (κ2) is 8.64. The summed E-state index contributed by atoms with van der Waals surface area (Å²) in [7, 11) is 3.20. The first-order valence-corrected chi connectivity index (χ1v) is 9.07. The average Bonchev–Trinajstić information content (AvgIpc) is 2.72. The fourth-order valence-corrected chi connectivity index (χ4v) is 3.11. The predicted molar refractivity (Wildman–Crippen MR) is 111 cm³/mol. The Morgan fingerprint density at radius 3 is 2.15 bits per heavy atom. The lowest BCUT2D eigenvalue weighted by atomic mass is 10.0. The fourth-order valence-electron chi connectivity index (χ4n) is 2.58. The summed E-state index contributed by atoms with van der Waals surface area (Å²) >= 11 is 3.46. The van der Waals surface area contributed by atoms with Crippen molar-refractivity contribution in [3.8, 4) is 11.5 Å². The molecule has 5 heteroatoms. The van der Waals surface area contributed by atoms with Crippen molar-refractivity contribution in [2.75, 3.05) is 14.2 Å². The number of benzene rings is 3. The first kappa shape index (κ1) is 18.9. The van der Waals surface area contributed by atoms with Gasteiger partial charge in [0.25, 0.3) is 0 Å². The molecule has 136 valence electrons. The van der Waals surface area contributed by atoms with Gasteiger partial charge in [-0.1, -0.05) is 30.3 Å². The van der Waals surface area contributed by atoms with E-state index in [-0.39, 0.29) is 5.78 Å². The molecule has 27 heavy (non-hydrogen) atoms. The van der Waals surface area contributed by atoms with Crippen LogP contribution in [0.15, 0.2) is 76.2 Å². The summed E-state index contributed by atoms with van der Waals surface area (Å²) in [6.07, 6.45) is 1.72. The van der Waals surface area contributed by atoms with Crippen LogP contribution >= 0.6 is 15.9 Å². The van der Waals surface area contributed by atoms with Gasteiger partial charge in [0.2, 0.25) is 0 Å². The summed E-state index contributed by atoms with van der Waals surface area (Å²) in [6, 6.07) is 20.1. The third kappa shape index (κ3) is 4.44. The summed E-state index contributed by atoms with van der Waals surface area (Å²) in [5, 5.41) is 0. The standard InChI is InChI=1S/C22H18BrNO3/c1-26-20-13-21(27-2)19(23)12-17(20)14-24-18-10-8-16(9-11-18)22(25)15-6-4-3-5-7-15/h3-14H,1-2H3. The molecule has 0 atom stereocenters. The van der Waals surface area contributed by atoms with Gasteiger partial charge in [-0.3, -0.25) is 9.79 Å². The summed E-state index contributed by atoms with van der Waals surface area (Å²) in [4.78, 5) is 16.9. The molecule has 0 fully saturated rings. The zero-order valence-corrected chi connectivity index (χ0v) is 16.6. The molecule has 0 amide bonds. The molecule has 0 aromatic heterocycles. The highest BCUT2D eigenvalue weighted by molar-refractivity contribution is 9.10. The minimum absolute atomic E-state index is 0.00751. The number of ether oxygens (including phenoxy) is 2. The molecule has 0 spiro atoms. The first-order chi connectivity index (χ1) is 13.1. The van der Waals surface area contributed by atoms with E-state index < -0.39 is 0 Å². The second-order valence-corrected chi connectivity index (χ2v) is 6.58. The van der Waals surface area contributed by atoms with E-state index in [1.165, 1.54) is 0 Å². The van der Waals surface area contributed by atoms with Gasteiger partial charge in [0, 0.05) is 29.0 Å². The van der Waals surface area contributed by atoms with Crippen molar-refractivity contribution in [2.24, 2.45) is 4.99 Å². The molecule has 0 aliphatic rings. The van der Waals surface area contributed by atoms with E-state index >= 15 is 0 Å². The number of rotatable bonds is 6. The molecule has 0 bridgehead atoms. The topological polar surface area (TPSA) is 47.9 Å². The number of nitrogens with zero attached hydrogens (tertiary/aromatic N) is 1. The lowest BCUT2D eigenvalue weighted by molar-refractivity contribution is 0.103. The highest BCUT2D eigenvalue weighted by Crippen LogP contribution is 2.32. The third-order valence-electron chi connectivity index (χ3n) is 4.02. The molecule has 3 rings (SSSR count). The van der Waals surface area contributed by atoms with Gasteiger partial charge in [-0.15, -0.1) is 0 Å². The minimum atomic E-state index is -0.00751. The van der Waals surface area contributed by atoms with Gasteiger partial charge in [0.1, 0.15) is 11.5 Å². The van der Waals surface area contributed by atoms with Gasteiger partial charge in [0.05, 0.1) is 24.4 Å². The Hall–Kier alpha value is -2.92. The van der Waals surface area contributed by atoms with Crippen LogP contribution in [0.2, 0.25) is 0 Å². The van der Waals surface area contributed by atoms with Crippen LogP contribution in [0.4, 0.5) is 5.69 Å². The summed E-state index contributed by atoms with van der Waals surface area (Å²) < 4.78 is 11.5. The normalized spacial score (nSPS) is 10.8. The Balaban J connectivity index is 1.81. The van der Waals surface area contributed by atoms with E-state index in [4.69, 9.17) is 9.47 Å². The lowest BCUT2D eigenvalue weighted by Crippen LogP contribution is -2.00. The number of aliphatic imine (C=N–C) groups is 1. The number of carbonyl (C=O) groups excluding carboxylic acids is 1. The van der Waals surface area contributed by atoms with Crippen molar-refractivity contribution in [3.63, 3.8) is 0 Å². The molecule has 0 saturated heterocycles. The largest absolute Gasteiger partial charge is 0.496 e. The molecule has 0 aliphatic heterocycles. The van der Waals surface area contributed by atoms with E-state index in [1.807, 2.05) is 48.5 Å². The smallest absolute Gasteiger partial charge is 0.193 e. The van der Waals surface area contributed by atoms with Crippen LogP contribution in [0.25, 0.3) is 0 Å². The van der Waals surface area contributed by atoms with Crippen LogP contribution in [-0.4, -0.2) is 26.2 Å². The van der Waals surface area contributed by atoms with E-state index in [9.17, 15) is 4.79 Å². The molecule has 4 nitrogen and oxygen atoms in total. The molecule has 0 heterocycles. The molecule has 0 saturated carbocycles. The van der Waals surface area contributed by atoms with E-state index in [2.05, 4.69) is 20.9 Å². The third-order valence-corrected chi connectivity index (χ3v) is 4.64. The fraction of sp³-hybridized carbons (Fsp3) is 0.0909. The van der Waals surface area contributed by atoms with Gasteiger partial charge in [-0.2, -0.15) is 0 Å². The number of hydrogen-bond acceptors (Lipinski definition) is 4. The summed E-state index contributed by atoms with van der Waals surface area (Å²) in [5.74, 6) is 1.34. The number of hydrogen-bond donors (Lipinski definition) is 0. The van der Waals surface area contributed by atoms with Crippen molar-refractivity contribution >= 4 is 33.6 Å². The van der Waals surface area contributed by atoms with E-state index in [1.54, 1.807) is 38.6 Å². The SMILES string of the molecule is COc1cc(OC)c(C=Nc2ccc(C(=O)c3ccccc3)cc2)cc1Br. The van der Waals surface area contributed by atoms with E-state index in [0.717, 1.165) is 15.7 Å². The Morgan fingerprint density at radius 2 is 1.52 bits per heavy atom. The quantitative estimate of drug-likeness (QED) is 0.391. The molecular formula is C22H18BrNO3. The Kier molecular flexibility index (Phi) is 6.04. The van der Waals surface area contributed by atoms with E-state index in [0.29, 0.717) is 22.6 Å². The molecule has 0 unspecified atom stereocenters. The Labute approximate surface area is 166 Å². The highest BCUT2D eigenvalue weighted by Gasteiger charge is 2.09. The zero-order chi connectivity index (χ0) is 19.2. The monoisotopic (exact) mass is 423 g/mol. The minimum Gasteiger partial charge on any atom is -0.496 e. The van der Waals surface area contributed by atoms with Crippen molar-refractivity contribution in [1.82, 2.24) is 0 Å². The molecular weight excluding hydrogens is 406 g/mol. The van der Waals surface area contributed by atoms with Gasteiger partial charge in [-0.05, 0) is 46.3 Å². The van der Waals surface area contributed by atoms with Crippen LogP contribution in [-0.2, 0) is 0 Å². The predicted octanol–water partition coefficient (Wildman–Crippen LogP) is 5.45. The molecule has 3 aromatic rings. The number of ketones is 1. The van der Waals surface area contributed by atoms with Crippen molar-refractivity contribution in [2.45, 2.75) is 0 Å². The highest BCUT2D eigenvalue weighted by atomic mass is 79.9. The van der Waals surface area contributed by atoms with Crippen LogP contribution < -0.4 is 9.47 Å². The molecule has 3 aromatic carbocycles. The van der Waals surface area contributed by atoms with Crippen molar-refractivity contribution < 1.29 is 14.3 Å². The average molecular weight is 424 g/mol. The van der Waals surface area contributed by atoms with Crippen LogP contribution in [0.3, 0.4) is 0 Å². The van der Waals surface area contributed by atoms with Gasteiger partial charge in [-0.25, -0.2) is 0 Å². The first-order valence-electron chi connectivity index (χ1n) is 8.28. The molecule has 0 radical (unpaired) electrons. The van der Waals surface area contributed by atoms with Crippen LogP contribution in [0, 0.1) is 0 Å². The van der Waals surface area contributed by atoms with Gasteiger partial charge in [0.15, 0.2) is 5.78 Å². The number of halogens is 1. The second-order valence-electron chi connectivity index (χ2n) is 5.73. The van der Waals surface area contributed by atoms with Crippen LogP contribution in [0.1, 0.15) is 21.5 Å². The van der Waals surface area contributed by atoms with Crippen molar-refractivity contribution in [3.05, 3.63) is 87.9 Å². The number of methoxy groups -OCH3 is 2. The molecule has 0 N–H and O–H groups in total. The van der Waals surface area contributed by atoms with Gasteiger partial charge >= 0.3 is 0 Å². The maximum atomic E-state index is 12.4. The van der Waals surface area contributed by atoms with Crippen LogP contribution in [0.5, 0.6) is 11.5 Å². The number of carbonyl (C=O) groups is 1. The van der Waals surface area contributed by atoms with Gasteiger partial charge < -0.3 is 9.47 Å². The lowest BCUT2D eigenvalue weighted by Gasteiger charge is -2.09. The summed E-state index contributed by atoms with van der Waals surface area (Å²) in [6.45, 7) is 0. The van der Waals surface area contributed by atoms with Crippen molar-refractivity contribution in [1.29, 1.82) is 0 Å². The Bertz CT molecular complexity index is 967. The molecule has 0 aliphatic carbocycles.